The molecule has 0 saturated carbocycles. The van der Waals surface area contributed by atoms with Crippen LogP contribution in [0.25, 0.3) is 0 Å². The van der Waals surface area contributed by atoms with Gasteiger partial charge in [0.05, 0.1) is 6.54 Å². The Morgan fingerprint density at radius 2 is 1.95 bits per heavy atom. The smallest absolute Gasteiger partial charge is 0.251 e. The molecule has 0 saturated heterocycles. The predicted octanol–water partition coefficient (Wildman–Crippen LogP) is 3.42. The summed E-state index contributed by atoms with van der Waals surface area (Å²) in [4.78, 5) is 13.2. The maximum Gasteiger partial charge on any atom is 0.251 e. The lowest BCUT2D eigenvalue weighted by Gasteiger charge is -2.06. The number of carbonyl (C=O) groups is 1. The molecule has 1 aromatic carbocycles. The van der Waals surface area contributed by atoms with Gasteiger partial charge < -0.3 is 10.6 Å². The van der Waals surface area contributed by atoms with Crippen LogP contribution in [0.15, 0.2) is 35.7 Å². The molecule has 0 spiro atoms. The van der Waals surface area contributed by atoms with Crippen molar-refractivity contribution in [1.29, 1.82) is 0 Å². The van der Waals surface area contributed by atoms with E-state index < -0.39 is 0 Å². The van der Waals surface area contributed by atoms with Gasteiger partial charge in [-0.2, -0.15) is 0 Å². The molecule has 3 nitrogen and oxygen atoms in total. The first-order valence-electron chi connectivity index (χ1n) is 6.36. The van der Waals surface area contributed by atoms with Crippen LogP contribution < -0.4 is 10.6 Å². The van der Waals surface area contributed by atoms with E-state index in [1.165, 1.54) is 10.4 Å². The summed E-state index contributed by atoms with van der Waals surface area (Å²) in [5.74, 6) is -0.0316. The van der Waals surface area contributed by atoms with Crippen LogP contribution in [-0.4, -0.2) is 12.5 Å². The summed E-state index contributed by atoms with van der Waals surface area (Å²) in [5.41, 5.74) is 2.96. The molecule has 1 amide bonds. The van der Waals surface area contributed by atoms with Gasteiger partial charge in [-0.25, -0.2) is 0 Å². The lowest BCUT2D eigenvalue weighted by atomic mass is 10.2. The van der Waals surface area contributed by atoms with Crippen LogP contribution in [-0.2, 0) is 6.54 Å². The molecule has 1 aromatic heterocycles. The molecule has 0 bridgehead atoms. The normalized spacial score (nSPS) is 10.2. The van der Waals surface area contributed by atoms with Crippen LogP contribution in [0.4, 0.5) is 5.69 Å². The van der Waals surface area contributed by atoms with Gasteiger partial charge in [0.1, 0.15) is 0 Å². The van der Waals surface area contributed by atoms with E-state index in [1.807, 2.05) is 36.6 Å². The van der Waals surface area contributed by atoms with Crippen LogP contribution in [0.2, 0.25) is 0 Å². The van der Waals surface area contributed by atoms with E-state index in [-0.39, 0.29) is 5.91 Å². The molecular formula is C15H18N2OS. The van der Waals surface area contributed by atoms with Gasteiger partial charge in [0.25, 0.3) is 5.91 Å². The summed E-state index contributed by atoms with van der Waals surface area (Å²) in [6.45, 7) is 5.58. The number of thiophene rings is 1. The van der Waals surface area contributed by atoms with E-state index in [9.17, 15) is 4.79 Å². The molecule has 0 fully saturated rings. The Morgan fingerprint density at radius 3 is 2.53 bits per heavy atom. The zero-order valence-corrected chi connectivity index (χ0v) is 12.0. The van der Waals surface area contributed by atoms with Crippen molar-refractivity contribution in [3.05, 3.63) is 51.7 Å². The van der Waals surface area contributed by atoms with E-state index >= 15 is 0 Å². The van der Waals surface area contributed by atoms with Crippen LogP contribution in [0.5, 0.6) is 0 Å². The summed E-state index contributed by atoms with van der Waals surface area (Å²) in [6, 6.07) is 9.60. The fourth-order valence-corrected chi connectivity index (χ4v) is 2.64. The first kappa shape index (κ1) is 13.6. The molecule has 0 aliphatic carbocycles. The van der Waals surface area contributed by atoms with Crippen molar-refractivity contribution in [1.82, 2.24) is 5.32 Å². The quantitative estimate of drug-likeness (QED) is 0.877. The van der Waals surface area contributed by atoms with E-state index in [2.05, 4.69) is 23.6 Å². The molecule has 2 N–H and O–H groups in total. The number of benzene rings is 1. The molecule has 1 heterocycles. The second-order valence-electron chi connectivity index (χ2n) is 4.32. The fraction of sp³-hybridized carbons (Fsp3) is 0.267. The first-order valence-corrected chi connectivity index (χ1v) is 7.23. The van der Waals surface area contributed by atoms with Gasteiger partial charge in [0, 0.05) is 22.7 Å². The Hall–Kier alpha value is -1.81. The van der Waals surface area contributed by atoms with Gasteiger partial charge in [0.15, 0.2) is 0 Å². The summed E-state index contributed by atoms with van der Waals surface area (Å²) in [6.07, 6.45) is 0. The highest BCUT2D eigenvalue weighted by molar-refractivity contribution is 7.10. The minimum Gasteiger partial charge on any atom is -0.385 e. The topological polar surface area (TPSA) is 41.1 Å². The summed E-state index contributed by atoms with van der Waals surface area (Å²) in [7, 11) is 0. The molecule has 0 aliphatic heterocycles. The molecule has 100 valence electrons. The Morgan fingerprint density at radius 1 is 1.21 bits per heavy atom. The summed E-state index contributed by atoms with van der Waals surface area (Å²) >= 11 is 1.67. The zero-order chi connectivity index (χ0) is 13.7. The minimum absolute atomic E-state index is 0.0316. The van der Waals surface area contributed by atoms with Gasteiger partial charge in [0.2, 0.25) is 0 Å². The monoisotopic (exact) mass is 274 g/mol. The van der Waals surface area contributed by atoms with E-state index in [1.54, 1.807) is 11.3 Å². The molecule has 4 heteroatoms. The van der Waals surface area contributed by atoms with Gasteiger partial charge in [-0.1, -0.05) is 0 Å². The first-order chi connectivity index (χ1) is 9.20. The maximum absolute atomic E-state index is 12.0. The third-order valence-electron chi connectivity index (χ3n) is 2.91. The Balaban J connectivity index is 1.94. The van der Waals surface area contributed by atoms with Crippen LogP contribution in [0.3, 0.4) is 0 Å². The largest absolute Gasteiger partial charge is 0.385 e. The highest BCUT2D eigenvalue weighted by Gasteiger charge is 2.06. The van der Waals surface area contributed by atoms with Crippen molar-refractivity contribution in [2.45, 2.75) is 20.4 Å². The average Bonchev–Trinajstić information content (AvgIpc) is 2.83. The number of anilines is 1. The minimum atomic E-state index is -0.0316. The fourth-order valence-electron chi connectivity index (χ4n) is 1.79. The highest BCUT2D eigenvalue weighted by Crippen LogP contribution is 2.15. The predicted molar refractivity (Wildman–Crippen MR) is 80.8 cm³/mol. The molecule has 2 aromatic rings. The average molecular weight is 274 g/mol. The number of hydrogen-bond acceptors (Lipinski definition) is 3. The lowest BCUT2D eigenvalue weighted by Crippen LogP contribution is -2.22. The van der Waals surface area contributed by atoms with E-state index in [0.717, 1.165) is 12.2 Å². The Kier molecular flexibility index (Phi) is 4.58. The second-order valence-corrected chi connectivity index (χ2v) is 5.32. The number of aryl methyl sites for hydroxylation is 1. The van der Waals surface area contributed by atoms with Crippen LogP contribution in [0, 0.1) is 6.92 Å². The number of amides is 1. The van der Waals surface area contributed by atoms with Crippen molar-refractivity contribution in [3.8, 4) is 0 Å². The number of hydrogen-bond donors (Lipinski definition) is 2. The van der Waals surface area contributed by atoms with Crippen LogP contribution >= 0.6 is 11.3 Å². The third kappa shape index (κ3) is 3.58. The van der Waals surface area contributed by atoms with Gasteiger partial charge in [-0.05, 0) is 55.1 Å². The summed E-state index contributed by atoms with van der Waals surface area (Å²) in [5, 5.41) is 8.19. The number of nitrogens with one attached hydrogen (secondary N) is 2. The molecule has 0 unspecified atom stereocenters. The number of carbonyl (C=O) groups excluding carboxylic acids is 1. The van der Waals surface area contributed by atoms with Crippen molar-refractivity contribution in [2.24, 2.45) is 0 Å². The molecule has 2 rings (SSSR count). The van der Waals surface area contributed by atoms with Crippen LogP contribution in [0.1, 0.15) is 27.7 Å². The van der Waals surface area contributed by atoms with Gasteiger partial charge in [-0.15, -0.1) is 11.3 Å². The molecule has 0 aliphatic rings. The van der Waals surface area contributed by atoms with Gasteiger partial charge >= 0.3 is 0 Å². The Labute approximate surface area is 117 Å². The third-order valence-corrected chi connectivity index (χ3v) is 3.93. The maximum atomic E-state index is 12.0. The van der Waals surface area contributed by atoms with Crippen molar-refractivity contribution < 1.29 is 4.79 Å². The zero-order valence-electron chi connectivity index (χ0n) is 11.2. The van der Waals surface area contributed by atoms with Crippen molar-refractivity contribution >= 4 is 22.9 Å². The van der Waals surface area contributed by atoms with Crippen molar-refractivity contribution in [3.63, 3.8) is 0 Å². The molecule has 0 radical (unpaired) electrons. The van der Waals surface area contributed by atoms with E-state index in [0.29, 0.717) is 12.1 Å². The molecule has 19 heavy (non-hydrogen) atoms. The second kappa shape index (κ2) is 6.38. The molecular weight excluding hydrogens is 256 g/mol. The van der Waals surface area contributed by atoms with Crippen molar-refractivity contribution in [2.75, 3.05) is 11.9 Å². The van der Waals surface area contributed by atoms with E-state index in [4.69, 9.17) is 0 Å². The lowest BCUT2D eigenvalue weighted by molar-refractivity contribution is 0.0951. The SMILES string of the molecule is CCNc1ccc(C(=O)NCc2sccc2C)cc1. The molecule has 0 atom stereocenters. The highest BCUT2D eigenvalue weighted by atomic mass is 32.1. The Bertz CT molecular complexity index is 546. The van der Waals surface area contributed by atoms with Gasteiger partial charge in [-0.3, -0.25) is 4.79 Å². The summed E-state index contributed by atoms with van der Waals surface area (Å²) < 4.78 is 0. The standard InChI is InChI=1S/C15H18N2OS/c1-3-16-13-6-4-12(5-7-13)15(18)17-10-14-11(2)8-9-19-14/h4-9,16H,3,10H2,1-2H3,(H,17,18). The number of rotatable bonds is 5.